The molecule has 6 nitrogen and oxygen atoms in total. The van der Waals surface area contributed by atoms with Gasteiger partial charge in [0.05, 0.1) is 12.8 Å². The summed E-state index contributed by atoms with van der Waals surface area (Å²) >= 11 is 1.72. The molecular weight excluding hydrogens is 384 g/mol. The van der Waals surface area contributed by atoms with Crippen molar-refractivity contribution in [2.45, 2.75) is 26.3 Å². The van der Waals surface area contributed by atoms with Gasteiger partial charge in [0.2, 0.25) is 0 Å². The second-order valence-corrected chi connectivity index (χ2v) is 8.93. The van der Waals surface area contributed by atoms with Crippen LogP contribution < -0.4 is 9.64 Å². The fourth-order valence-corrected chi connectivity index (χ4v) is 4.87. The zero-order valence-electron chi connectivity index (χ0n) is 17.3. The van der Waals surface area contributed by atoms with E-state index in [4.69, 9.17) is 9.72 Å². The van der Waals surface area contributed by atoms with Crippen molar-refractivity contribution in [2.24, 2.45) is 5.92 Å². The minimum Gasteiger partial charge on any atom is -0.497 e. The van der Waals surface area contributed by atoms with Crippen molar-refractivity contribution in [1.29, 1.82) is 0 Å². The fourth-order valence-electron chi connectivity index (χ4n) is 4.00. The van der Waals surface area contributed by atoms with Gasteiger partial charge in [0.15, 0.2) is 5.13 Å². The van der Waals surface area contributed by atoms with Crippen molar-refractivity contribution in [1.82, 2.24) is 14.8 Å². The summed E-state index contributed by atoms with van der Waals surface area (Å²) in [4.78, 5) is 24.4. The maximum atomic E-state index is 12.8. The van der Waals surface area contributed by atoms with E-state index in [9.17, 15) is 4.79 Å². The summed E-state index contributed by atoms with van der Waals surface area (Å²) in [6.45, 7) is 8.74. The van der Waals surface area contributed by atoms with Gasteiger partial charge >= 0.3 is 0 Å². The molecule has 1 amide bonds. The second kappa shape index (κ2) is 9.13. The molecule has 3 heterocycles. The third-order valence-corrected chi connectivity index (χ3v) is 6.91. The van der Waals surface area contributed by atoms with Gasteiger partial charge in [-0.15, -0.1) is 11.3 Å². The Kier molecular flexibility index (Phi) is 6.35. The summed E-state index contributed by atoms with van der Waals surface area (Å²) in [5.41, 5.74) is 1.86. The average molecular weight is 415 g/mol. The van der Waals surface area contributed by atoms with Crippen molar-refractivity contribution < 1.29 is 9.53 Å². The predicted molar refractivity (Wildman–Crippen MR) is 117 cm³/mol. The Morgan fingerprint density at radius 3 is 2.66 bits per heavy atom. The molecule has 2 aliphatic rings. The lowest BCUT2D eigenvalue weighted by atomic mass is 9.99. The molecule has 0 unspecified atom stereocenters. The Morgan fingerprint density at radius 2 is 1.93 bits per heavy atom. The van der Waals surface area contributed by atoms with Gasteiger partial charge in [0, 0.05) is 43.7 Å². The van der Waals surface area contributed by atoms with Gasteiger partial charge in [-0.1, -0.05) is 13.0 Å². The van der Waals surface area contributed by atoms with Gasteiger partial charge in [0.1, 0.15) is 5.75 Å². The van der Waals surface area contributed by atoms with E-state index >= 15 is 0 Å². The molecule has 0 bridgehead atoms. The molecule has 2 aliphatic heterocycles. The molecule has 4 rings (SSSR count). The Morgan fingerprint density at radius 1 is 1.17 bits per heavy atom. The monoisotopic (exact) mass is 414 g/mol. The van der Waals surface area contributed by atoms with Gasteiger partial charge in [-0.3, -0.25) is 9.69 Å². The third kappa shape index (κ3) is 4.90. The maximum Gasteiger partial charge on any atom is 0.254 e. The first-order valence-corrected chi connectivity index (χ1v) is 11.4. The lowest BCUT2D eigenvalue weighted by Crippen LogP contribution is -2.48. The van der Waals surface area contributed by atoms with Gasteiger partial charge < -0.3 is 14.5 Å². The molecule has 2 saturated heterocycles. The summed E-state index contributed by atoms with van der Waals surface area (Å²) in [5, 5.41) is 3.28. The normalized spacial score (nSPS) is 18.8. The van der Waals surface area contributed by atoms with E-state index in [0.717, 1.165) is 43.8 Å². The highest BCUT2D eigenvalue weighted by Crippen LogP contribution is 2.25. The number of anilines is 1. The maximum absolute atomic E-state index is 12.8. The van der Waals surface area contributed by atoms with Gasteiger partial charge in [0.25, 0.3) is 5.91 Å². The minimum atomic E-state index is 0.0719. The van der Waals surface area contributed by atoms with Crippen LogP contribution in [0.15, 0.2) is 29.6 Å². The van der Waals surface area contributed by atoms with Crippen LogP contribution in [0.2, 0.25) is 0 Å². The summed E-state index contributed by atoms with van der Waals surface area (Å²) in [6.07, 6.45) is 2.58. The van der Waals surface area contributed by atoms with Crippen LogP contribution in [0.4, 0.5) is 5.13 Å². The number of hydrogen-bond acceptors (Lipinski definition) is 6. The Hall–Kier alpha value is -2.12. The number of carbonyl (C=O) groups excluding carboxylic acids is 1. The third-order valence-electron chi connectivity index (χ3n) is 5.96. The molecule has 0 N–H and O–H groups in total. The second-order valence-electron chi connectivity index (χ2n) is 8.09. The number of nitrogens with zero attached hydrogens (tertiary/aromatic N) is 4. The van der Waals surface area contributed by atoms with Crippen molar-refractivity contribution in [3.05, 3.63) is 40.9 Å². The van der Waals surface area contributed by atoms with Gasteiger partial charge in [-0.25, -0.2) is 4.98 Å². The van der Waals surface area contributed by atoms with Crippen LogP contribution in [-0.2, 0) is 6.54 Å². The van der Waals surface area contributed by atoms with Gasteiger partial charge in [-0.05, 0) is 50.0 Å². The lowest BCUT2D eigenvalue weighted by molar-refractivity contribution is 0.0746. The Bertz CT molecular complexity index is 824. The highest BCUT2D eigenvalue weighted by Gasteiger charge is 2.24. The number of thiazole rings is 1. The number of amides is 1. The predicted octanol–water partition coefficient (Wildman–Crippen LogP) is 3.35. The van der Waals surface area contributed by atoms with E-state index < -0.39 is 0 Å². The zero-order chi connectivity index (χ0) is 20.2. The molecule has 2 aromatic rings. The number of ether oxygens (including phenoxy) is 1. The number of benzene rings is 1. The highest BCUT2D eigenvalue weighted by atomic mass is 32.1. The van der Waals surface area contributed by atoms with Crippen molar-refractivity contribution >= 4 is 22.4 Å². The molecule has 29 heavy (non-hydrogen) atoms. The number of carbonyl (C=O) groups is 1. The van der Waals surface area contributed by atoms with E-state index in [1.807, 2.05) is 29.2 Å². The van der Waals surface area contributed by atoms with Crippen molar-refractivity contribution in [3.63, 3.8) is 0 Å². The van der Waals surface area contributed by atoms with E-state index in [1.54, 1.807) is 18.4 Å². The smallest absolute Gasteiger partial charge is 0.254 e. The standard InChI is InChI=1S/C22H30N4O2S/c1-17-6-8-24(9-7-17)15-19-16-29-22(23-19)26-12-10-25(11-13-26)21(27)18-4-3-5-20(14-18)28-2/h3-5,14,16-17H,6-13,15H2,1-2H3. The van der Waals surface area contributed by atoms with Crippen LogP contribution in [-0.4, -0.2) is 67.1 Å². The number of piperidine rings is 1. The van der Waals surface area contributed by atoms with E-state index in [-0.39, 0.29) is 5.91 Å². The fraction of sp³-hybridized carbons (Fsp3) is 0.545. The van der Waals surface area contributed by atoms with Crippen LogP contribution in [0.3, 0.4) is 0 Å². The topological polar surface area (TPSA) is 48.9 Å². The molecule has 0 saturated carbocycles. The lowest BCUT2D eigenvalue weighted by Gasteiger charge is -2.34. The number of likely N-dealkylation sites (tertiary alicyclic amines) is 1. The summed E-state index contributed by atoms with van der Waals surface area (Å²) in [6, 6.07) is 7.39. The summed E-state index contributed by atoms with van der Waals surface area (Å²) < 4.78 is 5.24. The van der Waals surface area contributed by atoms with Gasteiger partial charge in [-0.2, -0.15) is 0 Å². The largest absolute Gasteiger partial charge is 0.497 e. The SMILES string of the molecule is COc1cccc(C(=O)N2CCN(c3nc(CN4CCC(C)CC4)cs3)CC2)c1. The molecule has 1 aromatic heterocycles. The van der Waals surface area contributed by atoms with Crippen molar-refractivity contribution in [3.8, 4) is 5.75 Å². The average Bonchev–Trinajstić information content (AvgIpc) is 3.23. The first-order valence-electron chi connectivity index (χ1n) is 10.5. The molecule has 2 fully saturated rings. The number of piperazine rings is 1. The van der Waals surface area contributed by atoms with E-state index in [1.165, 1.54) is 31.6 Å². The minimum absolute atomic E-state index is 0.0719. The van der Waals surface area contributed by atoms with Crippen LogP contribution in [0.5, 0.6) is 5.75 Å². The first kappa shape index (κ1) is 20.2. The molecule has 0 spiro atoms. The Labute approximate surface area is 177 Å². The molecule has 1 aromatic carbocycles. The molecule has 0 aliphatic carbocycles. The van der Waals surface area contributed by atoms with E-state index in [0.29, 0.717) is 11.3 Å². The van der Waals surface area contributed by atoms with Crippen LogP contribution in [0.1, 0.15) is 35.8 Å². The number of aromatic nitrogens is 1. The zero-order valence-corrected chi connectivity index (χ0v) is 18.2. The Balaban J connectivity index is 1.30. The van der Waals surface area contributed by atoms with Crippen LogP contribution >= 0.6 is 11.3 Å². The number of hydrogen-bond donors (Lipinski definition) is 0. The molecular formula is C22H30N4O2S. The number of rotatable bonds is 5. The highest BCUT2D eigenvalue weighted by molar-refractivity contribution is 7.13. The first-order chi connectivity index (χ1) is 14.1. The quantitative estimate of drug-likeness (QED) is 0.751. The number of methoxy groups -OCH3 is 1. The molecule has 0 radical (unpaired) electrons. The summed E-state index contributed by atoms with van der Waals surface area (Å²) in [5.74, 6) is 1.64. The van der Waals surface area contributed by atoms with Crippen LogP contribution in [0.25, 0.3) is 0 Å². The summed E-state index contributed by atoms with van der Waals surface area (Å²) in [7, 11) is 1.62. The molecule has 0 atom stereocenters. The molecule has 156 valence electrons. The molecule has 7 heteroatoms. The van der Waals surface area contributed by atoms with Crippen molar-refractivity contribution in [2.75, 3.05) is 51.3 Å². The van der Waals surface area contributed by atoms with E-state index in [2.05, 4.69) is 22.1 Å². The van der Waals surface area contributed by atoms with Crippen LogP contribution in [0, 0.1) is 5.92 Å².